The monoisotopic (exact) mass is 484 g/mol. The Labute approximate surface area is 202 Å². The van der Waals surface area contributed by atoms with Crippen LogP contribution in [0.5, 0.6) is 0 Å². The Balaban J connectivity index is 2.09. The lowest BCUT2D eigenvalue weighted by Gasteiger charge is -2.36. The van der Waals surface area contributed by atoms with E-state index in [2.05, 4.69) is 22.0 Å². The van der Waals surface area contributed by atoms with E-state index in [1.54, 1.807) is 0 Å². The van der Waals surface area contributed by atoms with Gasteiger partial charge in [0.15, 0.2) is 0 Å². The molecule has 1 amide bonds. The molecule has 2 heterocycles. The maximum absolute atomic E-state index is 14.5. The summed E-state index contributed by atoms with van der Waals surface area (Å²) in [4.78, 5) is 21.1. The minimum absolute atomic E-state index is 0.0969. The van der Waals surface area contributed by atoms with Gasteiger partial charge in [0.25, 0.3) is 0 Å². The van der Waals surface area contributed by atoms with Crippen molar-refractivity contribution in [1.29, 1.82) is 10.5 Å². The Morgan fingerprint density at radius 2 is 1.91 bits per heavy atom. The number of nitrogens with two attached hydrogens (primary N) is 1. The molecule has 178 valence electrons. The maximum atomic E-state index is 14.5. The molecule has 1 unspecified atom stereocenters. The normalized spacial score (nSPS) is 15.1. The molecule has 7 nitrogen and oxygen atoms in total. The second kappa shape index (κ2) is 10.8. The molecule has 1 fully saturated rings. The Kier molecular flexibility index (Phi) is 8.08. The van der Waals surface area contributed by atoms with Crippen molar-refractivity contribution in [3.05, 3.63) is 52.1 Å². The molecule has 0 bridgehead atoms. The number of carbonyl (C=O) groups is 1. The third-order valence-electron chi connectivity index (χ3n) is 6.05. The molecule has 10 heteroatoms. The first-order valence-electron chi connectivity index (χ1n) is 10.9. The summed E-state index contributed by atoms with van der Waals surface area (Å²) in [5.41, 5.74) is 6.48. The zero-order valence-corrected chi connectivity index (χ0v) is 20.1. The van der Waals surface area contributed by atoms with Crippen LogP contribution in [0.1, 0.15) is 47.3 Å². The molecular formula is C24H26F2N6OS. The predicted molar refractivity (Wildman–Crippen MR) is 126 cm³/mol. The highest BCUT2D eigenvalue weighted by Gasteiger charge is 2.30. The number of anilines is 1. The summed E-state index contributed by atoms with van der Waals surface area (Å²) in [5, 5.41) is 18.8. The van der Waals surface area contributed by atoms with Crippen LogP contribution in [0, 0.1) is 34.3 Å². The van der Waals surface area contributed by atoms with E-state index in [4.69, 9.17) is 5.73 Å². The quantitative estimate of drug-likeness (QED) is 0.599. The Bertz CT molecular complexity index is 1170. The lowest BCUT2D eigenvalue weighted by molar-refractivity contribution is -0.117. The Hall–Kier alpha value is -3.21. The number of thioether (sulfide) groups is 1. The Morgan fingerprint density at radius 1 is 1.26 bits per heavy atom. The van der Waals surface area contributed by atoms with E-state index in [-0.39, 0.29) is 16.2 Å². The van der Waals surface area contributed by atoms with Crippen molar-refractivity contribution in [2.75, 3.05) is 32.1 Å². The number of nitriles is 2. The maximum Gasteiger partial charge on any atom is 0.235 e. The number of halogens is 2. The number of benzene rings is 1. The highest BCUT2D eigenvalue weighted by atomic mass is 32.2. The summed E-state index contributed by atoms with van der Waals surface area (Å²) in [6.07, 6.45) is 2.16. The van der Waals surface area contributed by atoms with Gasteiger partial charge in [0, 0.05) is 30.8 Å². The van der Waals surface area contributed by atoms with Crippen LogP contribution in [0.15, 0.2) is 23.2 Å². The van der Waals surface area contributed by atoms with Gasteiger partial charge in [0.05, 0.1) is 11.1 Å². The second-order valence-electron chi connectivity index (χ2n) is 8.29. The van der Waals surface area contributed by atoms with Gasteiger partial charge >= 0.3 is 0 Å². The SMILES string of the molecule is CCc1c(C#N)c(SC(C(N)=O)c2ccc(F)cc2F)nc(N2CCC(N(C)C)CC2)c1C#N. The van der Waals surface area contributed by atoms with Crippen LogP contribution in [0.25, 0.3) is 0 Å². The van der Waals surface area contributed by atoms with Crippen LogP contribution < -0.4 is 10.6 Å². The summed E-state index contributed by atoms with van der Waals surface area (Å²) in [6, 6.07) is 7.61. The molecule has 34 heavy (non-hydrogen) atoms. The molecule has 1 saturated heterocycles. The van der Waals surface area contributed by atoms with Crippen LogP contribution in [0.3, 0.4) is 0 Å². The second-order valence-corrected chi connectivity index (χ2v) is 9.39. The number of hydrogen-bond acceptors (Lipinski definition) is 7. The Morgan fingerprint density at radius 3 is 2.41 bits per heavy atom. The molecule has 1 aliphatic heterocycles. The largest absolute Gasteiger partial charge is 0.368 e. The van der Waals surface area contributed by atoms with Crippen LogP contribution >= 0.6 is 11.8 Å². The average molecular weight is 485 g/mol. The number of primary amides is 1. The van der Waals surface area contributed by atoms with E-state index in [0.29, 0.717) is 48.6 Å². The summed E-state index contributed by atoms with van der Waals surface area (Å²) >= 11 is 0.839. The van der Waals surface area contributed by atoms with Gasteiger partial charge in [-0.15, -0.1) is 0 Å². The van der Waals surface area contributed by atoms with Crippen LogP contribution in [0.4, 0.5) is 14.6 Å². The van der Waals surface area contributed by atoms with Crippen molar-refractivity contribution in [3.8, 4) is 12.1 Å². The van der Waals surface area contributed by atoms with Gasteiger partial charge in [0.2, 0.25) is 5.91 Å². The zero-order valence-electron chi connectivity index (χ0n) is 19.3. The number of piperidine rings is 1. The standard InChI is InChI=1S/C24H26F2N6OS/c1-4-16-18(12-27)23(32-9-7-15(8-10-32)31(2)3)30-24(19(16)13-28)34-21(22(29)33)17-6-5-14(25)11-20(17)26/h5-6,11,15,21H,4,7-10H2,1-3H3,(H2,29,33). The van der Waals surface area contributed by atoms with Crippen LogP contribution in [0.2, 0.25) is 0 Å². The predicted octanol–water partition coefficient (Wildman–Crippen LogP) is 3.51. The van der Waals surface area contributed by atoms with Crippen LogP contribution in [-0.4, -0.2) is 49.0 Å². The summed E-state index contributed by atoms with van der Waals surface area (Å²) in [6.45, 7) is 3.18. The summed E-state index contributed by atoms with van der Waals surface area (Å²) in [5.74, 6) is -2.09. The number of carbonyl (C=O) groups excluding carboxylic acids is 1. The smallest absolute Gasteiger partial charge is 0.235 e. The van der Waals surface area contributed by atoms with E-state index >= 15 is 0 Å². The number of aromatic nitrogens is 1. The fourth-order valence-corrected chi connectivity index (χ4v) is 5.28. The molecule has 0 radical (unpaired) electrons. The lowest BCUT2D eigenvalue weighted by atomic mass is 9.99. The van der Waals surface area contributed by atoms with Gasteiger partial charge in [-0.3, -0.25) is 4.79 Å². The fraction of sp³-hybridized carbons (Fsp3) is 0.417. The van der Waals surface area contributed by atoms with Gasteiger partial charge < -0.3 is 15.5 Å². The van der Waals surface area contributed by atoms with E-state index in [9.17, 15) is 24.1 Å². The van der Waals surface area contributed by atoms with Crippen molar-refractivity contribution in [2.45, 2.75) is 42.5 Å². The topological polar surface area (TPSA) is 110 Å². The van der Waals surface area contributed by atoms with Gasteiger partial charge in [-0.05, 0) is 45.0 Å². The summed E-state index contributed by atoms with van der Waals surface area (Å²) in [7, 11) is 4.06. The minimum Gasteiger partial charge on any atom is -0.368 e. The molecular weight excluding hydrogens is 458 g/mol. The van der Waals surface area contributed by atoms with Crippen molar-refractivity contribution < 1.29 is 13.6 Å². The lowest BCUT2D eigenvalue weighted by Crippen LogP contribution is -2.42. The van der Waals surface area contributed by atoms with Gasteiger partial charge in [-0.25, -0.2) is 13.8 Å². The molecule has 2 N–H and O–H groups in total. The first-order valence-corrected chi connectivity index (χ1v) is 11.8. The van der Waals surface area contributed by atoms with Crippen LogP contribution in [-0.2, 0) is 11.2 Å². The molecule has 0 aliphatic carbocycles. The van der Waals surface area contributed by atoms with Gasteiger partial charge in [-0.2, -0.15) is 10.5 Å². The van der Waals surface area contributed by atoms with Crippen molar-refractivity contribution in [1.82, 2.24) is 9.88 Å². The minimum atomic E-state index is -1.23. The molecule has 2 aromatic rings. The average Bonchev–Trinajstić information content (AvgIpc) is 2.81. The van der Waals surface area contributed by atoms with Crippen molar-refractivity contribution >= 4 is 23.5 Å². The van der Waals surface area contributed by atoms with E-state index < -0.39 is 22.8 Å². The third kappa shape index (κ3) is 5.14. The van der Waals surface area contributed by atoms with E-state index in [1.807, 2.05) is 25.9 Å². The van der Waals surface area contributed by atoms with E-state index in [1.165, 1.54) is 0 Å². The number of nitrogens with zero attached hydrogens (tertiary/aromatic N) is 5. The van der Waals surface area contributed by atoms with Crippen molar-refractivity contribution in [3.63, 3.8) is 0 Å². The number of amides is 1. The summed E-state index contributed by atoms with van der Waals surface area (Å²) < 4.78 is 27.9. The van der Waals surface area contributed by atoms with Gasteiger partial charge in [-0.1, -0.05) is 24.8 Å². The first kappa shape index (κ1) is 25.4. The third-order valence-corrected chi connectivity index (χ3v) is 7.29. The molecule has 1 atom stereocenters. The highest BCUT2D eigenvalue weighted by Crippen LogP contribution is 2.40. The molecule has 3 rings (SSSR count). The van der Waals surface area contributed by atoms with Crippen molar-refractivity contribution in [2.24, 2.45) is 5.73 Å². The van der Waals surface area contributed by atoms with Gasteiger partial charge in [0.1, 0.15) is 39.9 Å². The number of rotatable bonds is 7. The molecule has 0 saturated carbocycles. The number of hydrogen-bond donors (Lipinski definition) is 1. The molecule has 1 aromatic heterocycles. The fourth-order valence-electron chi connectivity index (χ4n) is 4.19. The number of pyridine rings is 1. The molecule has 1 aliphatic rings. The molecule has 0 spiro atoms. The van der Waals surface area contributed by atoms with E-state index in [0.717, 1.165) is 36.7 Å². The highest BCUT2D eigenvalue weighted by molar-refractivity contribution is 8.00. The zero-order chi connectivity index (χ0) is 25.0. The first-order chi connectivity index (χ1) is 16.2. The molecule has 1 aromatic carbocycles.